The molecule has 0 saturated carbocycles. The summed E-state index contributed by atoms with van der Waals surface area (Å²) in [5, 5.41) is 2.73. The second kappa shape index (κ2) is 11.1. The predicted molar refractivity (Wildman–Crippen MR) is 142 cm³/mol. The number of benzene rings is 3. The number of rotatable bonds is 7. The van der Waals surface area contributed by atoms with Crippen molar-refractivity contribution < 1.29 is 28.2 Å². The van der Waals surface area contributed by atoms with Crippen LogP contribution in [0.3, 0.4) is 0 Å². The quantitative estimate of drug-likeness (QED) is 0.207. The lowest BCUT2D eigenvalue weighted by molar-refractivity contribution is -0.122. The highest BCUT2D eigenvalue weighted by molar-refractivity contribution is 14.1. The molecule has 1 saturated heterocycles. The fraction of sp³-hybridized carbons (Fsp3) is 0.115. The van der Waals surface area contributed by atoms with E-state index in [1.165, 1.54) is 18.2 Å². The maximum absolute atomic E-state index is 13.3. The normalized spacial score (nSPS) is 14.7. The highest BCUT2D eigenvalue weighted by Crippen LogP contribution is 2.36. The molecular weight excluding hydrogens is 602 g/mol. The van der Waals surface area contributed by atoms with Crippen molar-refractivity contribution in [2.24, 2.45) is 0 Å². The Morgan fingerprint density at radius 1 is 1.06 bits per heavy atom. The molecule has 1 heterocycles. The van der Waals surface area contributed by atoms with Crippen LogP contribution in [0, 0.1) is 9.39 Å². The summed E-state index contributed by atoms with van der Waals surface area (Å²) in [5.41, 5.74) is 1.16. The van der Waals surface area contributed by atoms with Gasteiger partial charge in [0.15, 0.2) is 11.5 Å². The fourth-order valence-corrected chi connectivity index (χ4v) is 4.46. The van der Waals surface area contributed by atoms with E-state index in [2.05, 4.69) is 27.9 Å². The van der Waals surface area contributed by atoms with Crippen molar-refractivity contribution in [2.75, 3.05) is 11.5 Å². The number of carbonyl (C=O) groups excluding carboxylic acids is 3. The SMILES string of the molecule is CCOc1cc(/C=C2\C(=O)NC(=O)N(c3ccc(F)cc3)C2=O)cc(I)c1OCc1ccccc1Cl. The van der Waals surface area contributed by atoms with Gasteiger partial charge in [0, 0.05) is 10.6 Å². The summed E-state index contributed by atoms with van der Waals surface area (Å²) in [7, 11) is 0. The van der Waals surface area contributed by atoms with E-state index < -0.39 is 23.7 Å². The highest BCUT2D eigenvalue weighted by atomic mass is 127. The van der Waals surface area contributed by atoms with E-state index in [4.69, 9.17) is 21.1 Å². The largest absolute Gasteiger partial charge is 0.490 e. The molecule has 0 aromatic heterocycles. The summed E-state index contributed by atoms with van der Waals surface area (Å²) in [4.78, 5) is 38.8. The molecule has 0 atom stereocenters. The number of hydrogen-bond donors (Lipinski definition) is 1. The summed E-state index contributed by atoms with van der Waals surface area (Å²) in [6.07, 6.45) is 1.36. The number of nitrogens with zero attached hydrogens (tertiary/aromatic N) is 1. The van der Waals surface area contributed by atoms with Crippen molar-refractivity contribution in [3.8, 4) is 11.5 Å². The van der Waals surface area contributed by atoms with Gasteiger partial charge in [-0.25, -0.2) is 14.1 Å². The monoisotopic (exact) mass is 620 g/mol. The first-order chi connectivity index (χ1) is 17.3. The number of imide groups is 2. The van der Waals surface area contributed by atoms with Gasteiger partial charge in [-0.2, -0.15) is 0 Å². The Bertz CT molecular complexity index is 1380. The van der Waals surface area contributed by atoms with Gasteiger partial charge in [-0.3, -0.25) is 14.9 Å². The maximum Gasteiger partial charge on any atom is 0.335 e. The Kier molecular flexibility index (Phi) is 7.90. The Labute approximate surface area is 225 Å². The molecule has 1 aliphatic rings. The molecule has 1 aliphatic heterocycles. The molecule has 4 rings (SSSR count). The van der Waals surface area contributed by atoms with Crippen molar-refractivity contribution in [3.63, 3.8) is 0 Å². The van der Waals surface area contributed by atoms with Gasteiger partial charge in [0.1, 0.15) is 18.0 Å². The molecule has 0 aliphatic carbocycles. The molecular formula is C26H19ClFIN2O5. The van der Waals surface area contributed by atoms with Crippen LogP contribution < -0.4 is 19.7 Å². The lowest BCUT2D eigenvalue weighted by atomic mass is 10.1. The van der Waals surface area contributed by atoms with E-state index in [9.17, 15) is 18.8 Å². The van der Waals surface area contributed by atoms with Crippen LogP contribution in [0.4, 0.5) is 14.9 Å². The minimum atomic E-state index is -0.915. The number of carbonyl (C=O) groups is 3. The third kappa shape index (κ3) is 5.52. The highest BCUT2D eigenvalue weighted by Gasteiger charge is 2.36. The molecule has 0 spiro atoms. The molecule has 4 amide bonds. The van der Waals surface area contributed by atoms with Crippen molar-refractivity contribution in [1.82, 2.24) is 5.32 Å². The van der Waals surface area contributed by atoms with E-state index in [0.29, 0.717) is 32.3 Å². The van der Waals surface area contributed by atoms with Crippen LogP contribution in [0.2, 0.25) is 5.02 Å². The average Bonchev–Trinajstić information content (AvgIpc) is 2.83. The first-order valence-electron chi connectivity index (χ1n) is 10.8. The number of nitrogens with one attached hydrogen (secondary N) is 1. The van der Waals surface area contributed by atoms with Crippen molar-refractivity contribution in [2.45, 2.75) is 13.5 Å². The number of urea groups is 1. The van der Waals surface area contributed by atoms with E-state index in [1.54, 1.807) is 18.2 Å². The molecule has 0 unspecified atom stereocenters. The van der Waals surface area contributed by atoms with Gasteiger partial charge in [-0.1, -0.05) is 29.8 Å². The molecule has 0 radical (unpaired) electrons. The first-order valence-corrected chi connectivity index (χ1v) is 12.2. The standard InChI is InChI=1S/C26H19ClFIN2O5/c1-2-35-22-13-15(12-21(29)23(22)36-14-16-5-3-4-6-20(16)27)11-19-24(32)30-26(34)31(25(19)33)18-9-7-17(28)8-10-18/h3-13H,2,14H2,1H3,(H,30,32,34)/b19-11+. The number of halogens is 3. The van der Waals surface area contributed by atoms with Crippen molar-refractivity contribution in [1.29, 1.82) is 0 Å². The van der Waals surface area contributed by atoms with E-state index >= 15 is 0 Å². The molecule has 1 N–H and O–H groups in total. The minimum Gasteiger partial charge on any atom is -0.490 e. The molecule has 36 heavy (non-hydrogen) atoms. The summed E-state index contributed by atoms with van der Waals surface area (Å²) in [6, 6.07) is 14.6. The lowest BCUT2D eigenvalue weighted by Gasteiger charge is -2.26. The smallest absolute Gasteiger partial charge is 0.335 e. The summed E-state index contributed by atoms with van der Waals surface area (Å²) >= 11 is 8.30. The summed E-state index contributed by atoms with van der Waals surface area (Å²) < 4.78 is 25.8. The Morgan fingerprint density at radius 3 is 2.47 bits per heavy atom. The molecule has 184 valence electrons. The average molecular weight is 621 g/mol. The van der Waals surface area contributed by atoms with Gasteiger partial charge in [-0.15, -0.1) is 0 Å². The molecule has 3 aromatic rings. The zero-order valence-electron chi connectivity index (χ0n) is 18.9. The Balaban J connectivity index is 1.66. The van der Waals surface area contributed by atoms with Crippen LogP contribution in [0.15, 0.2) is 66.2 Å². The number of hydrogen-bond acceptors (Lipinski definition) is 5. The third-order valence-corrected chi connectivity index (χ3v) is 6.33. The van der Waals surface area contributed by atoms with Crippen molar-refractivity contribution >= 4 is 63.8 Å². The number of barbiturate groups is 1. The maximum atomic E-state index is 13.3. The van der Waals surface area contributed by atoms with Crippen molar-refractivity contribution in [3.05, 3.63) is 91.8 Å². The van der Waals surface area contributed by atoms with Gasteiger partial charge < -0.3 is 9.47 Å². The van der Waals surface area contributed by atoms with Gasteiger partial charge in [0.05, 0.1) is 15.9 Å². The zero-order chi connectivity index (χ0) is 25.8. The van der Waals surface area contributed by atoms with Gasteiger partial charge in [-0.05, 0) is 83.6 Å². The Hall–Kier alpha value is -3.44. The Morgan fingerprint density at radius 2 is 1.78 bits per heavy atom. The second-order valence-electron chi connectivity index (χ2n) is 7.58. The van der Waals surface area contributed by atoms with Crippen LogP contribution in [0.1, 0.15) is 18.1 Å². The van der Waals surface area contributed by atoms with Crippen LogP contribution in [-0.4, -0.2) is 24.5 Å². The number of ether oxygens (including phenoxy) is 2. The summed E-state index contributed by atoms with van der Waals surface area (Å²) in [5.74, 6) is -1.29. The number of anilines is 1. The van der Waals surface area contributed by atoms with Gasteiger partial charge >= 0.3 is 6.03 Å². The molecule has 10 heteroatoms. The van der Waals surface area contributed by atoms with E-state index in [1.807, 2.05) is 25.1 Å². The fourth-order valence-electron chi connectivity index (χ4n) is 3.49. The number of amides is 4. The lowest BCUT2D eigenvalue weighted by Crippen LogP contribution is -2.54. The van der Waals surface area contributed by atoms with Gasteiger partial charge in [0.25, 0.3) is 11.8 Å². The topological polar surface area (TPSA) is 84.9 Å². The first kappa shape index (κ1) is 25.6. The predicted octanol–water partition coefficient (Wildman–Crippen LogP) is 5.73. The molecule has 7 nitrogen and oxygen atoms in total. The molecule has 3 aromatic carbocycles. The zero-order valence-corrected chi connectivity index (χ0v) is 21.8. The van der Waals surface area contributed by atoms with Crippen LogP contribution >= 0.6 is 34.2 Å². The van der Waals surface area contributed by atoms with E-state index in [-0.39, 0.29) is 17.9 Å². The van der Waals surface area contributed by atoms with Crippen LogP contribution in [-0.2, 0) is 16.2 Å². The summed E-state index contributed by atoms with van der Waals surface area (Å²) in [6.45, 7) is 2.39. The minimum absolute atomic E-state index is 0.130. The third-order valence-electron chi connectivity index (χ3n) is 5.16. The molecule has 1 fully saturated rings. The van der Waals surface area contributed by atoms with Crippen LogP contribution in [0.5, 0.6) is 11.5 Å². The molecule has 0 bridgehead atoms. The van der Waals surface area contributed by atoms with E-state index in [0.717, 1.165) is 22.6 Å². The van der Waals surface area contributed by atoms with Gasteiger partial charge in [0.2, 0.25) is 0 Å². The second-order valence-corrected chi connectivity index (χ2v) is 9.15. The van der Waals surface area contributed by atoms with Crippen LogP contribution in [0.25, 0.3) is 6.08 Å².